The minimum Gasteiger partial charge on any atom is -0.506 e. The maximum absolute atomic E-state index is 12.6. The average Bonchev–Trinajstić information content (AvgIpc) is 2.64. The monoisotopic (exact) mass is 389 g/mol. The van der Waals surface area contributed by atoms with Gasteiger partial charge in [-0.25, -0.2) is 9.59 Å². The summed E-state index contributed by atoms with van der Waals surface area (Å²) in [6, 6.07) is 8.81. The van der Waals surface area contributed by atoms with Crippen molar-refractivity contribution in [2.75, 3.05) is 6.61 Å². The molecule has 0 aliphatic carbocycles. The summed E-state index contributed by atoms with van der Waals surface area (Å²) in [5.41, 5.74) is 0.688. The molecule has 1 aliphatic heterocycles. The first kappa shape index (κ1) is 18.7. The number of fused-ring (bicyclic) bond motifs is 1. The Labute approximate surface area is 159 Å². The summed E-state index contributed by atoms with van der Waals surface area (Å²) in [5, 5.41) is 22.3. The van der Waals surface area contributed by atoms with Crippen molar-refractivity contribution in [1.29, 1.82) is 0 Å². The molecule has 8 heteroatoms. The van der Waals surface area contributed by atoms with Gasteiger partial charge in [0.25, 0.3) is 5.91 Å². The third-order valence-electron chi connectivity index (χ3n) is 4.27. The molecule has 2 aromatic carbocycles. The molecular formula is C19H16ClNO6. The van der Waals surface area contributed by atoms with E-state index in [4.69, 9.17) is 16.3 Å². The number of aliphatic carboxylic acids is 1. The number of rotatable bonds is 5. The fourth-order valence-electron chi connectivity index (χ4n) is 2.92. The van der Waals surface area contributed by atoms with Gasteiger partial charge in [-0.1, -0.05) is 41.9 Å². The third kappa shape index (κ3) is 3.88. The fraction of sp³-hybridized carbons (Fsp3) is 0.211. The molecular weight excluding hydrogens is 374 g/mol. The number of halogens is 1. The Kier molecular flexibility index (Phi) is 5.32. The molecule has 27 heavy (non-hydrogen) atoms. The number of aromatic hydroxyl groups is 1. The van der Waals surface area contributed by atoms with E-state index < -0.39 is 29.6 Å². The summed E-state index contributed by atoms with van der Waals surface area (Å²) in [6.45, 7) is 0.134. The number of carbonyl (C=O) groups is 3. The molecule has 1 heterocycles. The number of amides is 1. The third-order valence-corrected chi connectivity index (χ3v) is 4.61. The van der Waals surface area contributed by atoms with Crippen LogP contribution < -0.4 is 5.32 Å². The number of hydrogen-bond donors (Lipinski definition) is 3. The maximum atomic E-state index is 12.6. The molecule has 3 rings (SSSR count). The second-order valence-electron chi connectivity index (χ2n) is 6.05. The van der Waals surface area contributed by atoms with E-state index in [1.165, 1.54) is 6.07 Å². The summed E-state index contributed by atoms with van der Waals surface area (Å²) in [6.07, 6.45) is 0.379. The maximum Gasteiger partial charge on any atom is 0.342 e. The van der Waals surface area contributed by atoms with Crippen molar-refractivity contribution in [2.45, 2.75) is 18.9 Å². The van der Waals surface area contributed by atoms with Crippen LogP contribution in [0.5, 0.6) is 5.75 Å². The minimum absolute atomic E-state index is 0.0589. The molecule has 0 saturated carbocycles. The Bertz CT molecular complexity index is 912. The first-order chi connectivity index (χ1) is 12.9. The predicted molar refractivity (Wildman–Crippen MR) is 96.1 cm³/mol. The molecule has 0 aromatic heterocycles. The van der Waals surface area contributed by atoms with E-state index in [9.17, 15) is 24.6 Å². The van der Waals surface area contributed by atoms with Crippen molar-refractivity contribution in [3.8, 4) is 5.75 Å². The van der Waals surface area contributed by atoms with Gasteiger partial charge in [-0.2, -0.15) is 0 Å². The number of esters is 1. The fourth-order valence-corrected chi connectivity index (χ4v) is 3.22. The molecule has 0 radical (unpaired) electrons. The smallest absolute Gasteiger partial charge is 0.342 e. The molecule has 7 nitrogen and oxygen atoms in total. The number of carboxylic acid groups (broad SMARTS) is 1. The lowest BCUT2D eigenvalue weighted by Crippen LogP contribution is -2.42. The summed E-state index contributed by atoms with van der Waals surface area (Å²) in [7, 11) is 0. The molecule has 0 unspecified atom stereocenters. The molecule has 2 aromatic rings. The number of carboxylic acids is 1. The van der Waals surface area contributed by atoms with E-state index in [-0.39, 0.29) is 29.2 Å². The highest BCUT2D eigenvalue weighted by Gasteiger charge is 2.30. The van der Waals surface area contributed by atoms with Gasteiger partial charge in [-0.05, 0) is 17.2 Å². The minimum atomic E-state index is -1.23. The zero-order valence-electron chi connectivity index (χ0n) is 14.1. The topological polar surface area (TPSA) is 113 Å². The van der Waals surface area contributed by atoms with Crippen molar-refractivity contribution < 1.29 is 29.3 Å². The number of benzene rings is 2. The number of nitrogens with one attached hydrogen (secondary N) is 1. The average molecular weight is 390 g/mol. The zero-order valence-corrected chi connectivity index (χ0v) is 14.8. The number of phenolic OH excluding ortho intramolecular Hbond substituents is 1. The van der Waals surface area contributed by atoms with Crippen LogP contribution in [0.3, 0.4) is 0 Å². The van der Waals surface area contributed by atoms with E-state index in [0.29, 0.717) is 12.0 Å². The normalized spacial score (nSPS) is 14.0. The van der Waals surface area contributed by atoms with Crippen LogP contribution >= 0.6 is 11.6 Å². The van der Waals surface area contributed by atoms with Gasteiger partial charge in [0.05, 0.1) is 12.2 Å². The molecule has 0 bridgehead atoms. The Morgan fingerprint density at radius 1 is 1.26 bits per heavy atom. The van der Waals surface area contributed by atoms with E-state index in [1.807, 2.05) is 0 Å². The number of phenols is 1. The second-order valence-corrected chi connectivity index (χ2v) is 6.46. The highest BCUT2D eigenvalue weighted by Crippen LogP contribution is 2.35. The Hall–Kier alpha value is -3.06. The first-order valence-corrected chi connectivity index (χ1v) is 8.55. The molecule has 1 atom stereocenters. The van der Waals surface area contributed by atoms with Gasteiger partial charge in [0.1, 0.15) is 17.4 Å². The van der Waals surface area contributed by atoms with Crippen LogP contribution in [0.15, 0.2) is 36.4 Å². The lowest BCUT2D eigenvalue weighted by atomic mass is 9.97. The van der Waals surface area contributed by atoms with E-state index in [1.54, 1.807) is 30.3 Å². The van der Waals surface area contributed by atoms with Gasteiger partial charge in [0, 0.05) is 17.9 Å². The standard InChI is InChI=1S/C19H16ClNO6/c20-13-9-12(16(22)15-11(13)6-7-27-19(15)26)17(23)21-14(18(24)25)8-10-4-2-1-3-5-10/h1-5,9,14,22H,6-8H2,(H,21,23)(H,24,25)/t14-/m0/s1. The summed E-state index contributed by atoms with van der Waals surface area (Å²) < 4.78 is 4.89. The van der Waals surface area contributed by atoms with E-state index in [2.05, 4.69) is 5.32 Å². The van der Waals surface area contributed by atoms with Crippen molar-refractivity contribution in [1.82, 2.24) is 5.32 Å². The highest BCUT2D eigenvalue weighted by atomic mass is 35.5. The lowest BCUT2D eigenvalue weighted by Gasteiger charge is -2.21. The van der Waals surface area contributed by atoms with Gasteiger partial charge in [0.2, 0.25) is 0 Å². The molecule has 0 fully saturated rings. The van der Waals surface area contributed by atoms with Crippen molar-refractivity contribution >= 4 is 29.4 Å². The largest absolute Gasteiger partial charge is 0.506 e. The van der Waals surface area contributed by atoms with E-state index >= 15 is 0 Å². The van der Waals surface area contributed by atoms with Gasteiger partial charge in [-0.15, -0.1) is 0 Å². The second kappa shape index (κ2) is 7.67. The highest BCUT2D eigenvalue weighted by molar-refractivity contribution is 6.32. The van der Waals surface area contributed by atoms with Gasteiger partial charge in [0.15, 0.2) is 0 Å². The SMILES string of the molecule is O=C(N[C@@H](Cc1ccccc1)C(=O)O)c1cc(Cl)c2c(c1O)C(=O)OCC2. The summed E-state index contributed by atoms with van der Waals surface area (Å²) >= 11 is 6.14. The van der Waals surface area contributed by atoms with Crippen molar-refractivity contribution in [2.24, 2.45) is 0 Å². The number of carbonyl (C=O) groups excluding carboxylic acids is 2. The molecule has 1 amide bonds. The van der Waals surface area contributed by atoms with Crippen molar-refractivity contribution in [3.05, 3.63) is 63.7 Å². The number of cyclic esters (lactones) is 1. The molecule has 3 N–H and O–H groups in total. The predicted octanol–water partition coefficient (Wildman–Crippen LogP) is 2.18. The van der Waals surface area contributed by atoms with Crippen LogP contribution in [-0.4, -0.2) is 40.7 Å². The Morgan fingerprint density at radius 3 is 2.63 bits per heavy atom. The van der Waals surface area contributed by atoms with Crippen LogP contribution in [0.2, 0.25) is 5.02 Å². The van der Waals surface area contributed by atoms with Gasteiger partial charge >= 0.3 is 11.9 Å². The molecule has 0 spiro atoms. The van der Waals surface area contributed by atoms with Crippen LogP contribution in [0.25, 0.3) is 0 Å². The van der Waals surface area contributed by atoms with Crippen LogP contribution in [-0.2, 0) is 22.4 Å². The molecule has 0 saturated heterocycles. The Morgan fingerprint density at radius 2 is 1.96 bits per heavy atom. The van der Waals surface area contributed by atoms with Gasteiger partial charge < -0.3 is 20.3 Å². The Balaban J connectivity index is 1.89. The zero-order chi connectivity index (χ0) is 19.6. The van der Waals surface area contributed by atoms with Crippen LogP contribution in [0.4, 0.5) is 0 Å². The molecule has 140 valence electrons. The van der Waals surface area contributed by atoms with Gasteiger partial charge in [-0.3, -0.25) is 4.79 Å². The number of hydrogen-bond acceptors (Lipinski definition) is 5. The summed E-state index contributed by atoms with van der Waals surface area (Å²) in [5.74, 6) is -3.42. The molecule has 1 aliphatic rings. The van der Waals surface area contributed by atoms with E-state index in [0.717, 1.165) is 5.56 Å². The first-order valence-electron chi connectivity index (χ1n) is 8.17. The van der Waals surface area contributed by atoms with Crippen LogP contribution in [0, 0.1) is 0 Å². The summed E-state index contributed by atoms with van der Waals surface area (Å²) in [4.78, 5) is 36.0. The lowest BCUT2D eigenvalue weighted by molar-refractivity contribution is -0.139. The van der Waals surface area contributed by atoms with Crippen molar-refractivity contribution in [3.63, 3.8) is 0 Å². The van der Waals surface area contributed by atoms with Crippen LogP contribution in [0.1, 0.15) is 31.8 Å². The number of ether oxygens (including phenoxy) is 1. The quantitative estimate of drug-likeness (QED) is 0.675.